The zero-order valence-corrected chi connectivity index (χ0v) is 20.9. The van der Waals surface area contributed by atoms with Crippen molar-refractivity contribution in [1.29, 1.82) is 0 Å². The van der Waals surface area contributed by atoms with Crippen LogP contribution in [0, 0.1) is 25.7 Å². The van der Waals surface area contributed by atoms with E-state index in [0.29, 0.717) is 31.9 Å². The fourth-order valence-electron chi connectivity index (χ4n) is 4.63. The molecular formula is C26H33FN6O3. The van der Waals surface area contributed by atoms with Crippen LogP contribution in [0.2, 0.25) is 0 Å². The highest BCUT2D eigenvalue weighted by molar-refractivity contribution is 5.87. The zero-order chi connectivity index (χ0) is 25.8. The Morgan fingerprint density at radius 3 is 2.72 bits per heavy atom. The number of fused-ring (bicyclic) bond motifs is 1. The van der Waals surface area contributed by atoms with E-state index in [-0.39, 0.29) is 42.6 Å². The van der Waals surface area contributed by atoms with Gasteiger partial charge in [0.15, 0.2) is 5.76 Å². The minimum atomic E-state index is -0.237. The van der Waals surface area contributed by atoms with Gasteiger partial charge < -0.3 is 20.5 Å². The molecule has 9 nitrogen and oxygen atoms in total. The van der Waals surface area contributed by atoms with Crippen LogP contribution < -0.4 is 16.0 Å². The average Bonchev–Trinajstić information content (AvgIpc) is 3.48. The van der Waals surface area contributed by atoms with Crippen molar-refractivity contribution in [2.45, 2.75) is 13.8 Å². The second-order valence-corrected chi connectivity index (χ2v) is 9.36. The van der Waals surface area contributed by atoms with Crippen molar-refractivity contribution in [1.82, 2.24) is 20.5 Å². The van der Waals surface area contributed by atoms with Crippen LogP contribution in [-0.2, 0) is 9.59 Å². The molecule has 1 aromatic heterocycles. The SMILES string of the molecule is Cc1cc(-c2ccc(C)c(N(CC(=O)NCCN)CC(=O)N(C)N3CC4C=CC(F)=CC4C3)c2)on1. The van der Waals surface area contributed by atoms with Gasteiger partial charge in [-0.15, -0.1) is 0 Å². The molecule has 2 amide bonds. The number of hydrogen-bond acceptors (Lipinski definition) is 7. The molecule has 10 heteroatoms. The maximum atomic E-state index is 13.7. The molecule has 0 radical (unpaired) electrons. The Hall–Kier alpha value is -3.50. The number of hydrazine groups is 1. The van der Waals surface area contributed by atoms with Gasteiger partial charge in [0.2, 0.25) is 5.91 Å². The summed E-state index contributed by atoms with van der Waals surface area (Å²) in [7, 11) is 1.72. The van der Waals surface area contributed by atoms with Crippen LogP contribution in [-0.4, -0.2) is 73.3 Å². The number of anilines is 1. The third-order valence-corrected chi connectivity index (χ3v) is 6.64. The van der Waals surface area contributed by atoms with Gasteiger partial charge in [-0.05, 0) is 43.5 Å². The summed E-state index contributed by atoms with van der Waals surface area (Å²) in [5.41, 5.74) is 8.75. The van der Waals surface area contributed by atoms with Gasteiger partial charge >= 0.3 is 0 Å². The third kappa shape index (κ3) is 5.83. The lowest BCUT2D eigenvalue weighted by Gasteiger charge is -2.32. The summed E-state index contributed by atoms with van der Waals surface area (Å²) in [5.74, 6) is 0.176. The topological polar surface area (TPSA) is 108 Å². The van der Waals surface area contributed by atoms with Crippen molar-refractivity contribution >= 4 is 17.5 Å². The fourth-order valence-corrected chi connectivity index (χ4v) is 4.63. The molecule has 1 fully saturated rings. The number of rotatable bonds is 9. The zero-order valence-electron chi connectivity index (χ0n) is 20.9. The summed E-state index contributed by atoms with van der Waals surface area (Å²) < 4.78 is 19.1. The summed E-state index contributed by atoms with van der Waals surface area (Å²) in [5, 5.41) is 10.3. The lowest BCUT2D eigenvalue weighted by Crippen LogP contribution is -2.49. The summed E-state index contributed by atoms with van der Waals surface area (Å²) in [4.78, 5) is 27.8. The number of hydrogen-bond donors (Lipinski definition) is 2. The van der Waals surface area contributed by atoms with Gasteiger partial charge in [-0.25, -0.2) is 9.40 Å². The highest BCUT2D eigenvalue weighted by Gasteiger charge is 2.35. The average molecular weight is 497 g/mol. The highest BCUT2D eigenvalue weighted by atomic mass is 19.1. The van der Waals surface area contributed by atoms with Crippen molar-refractivity contribution in [2.24, 2.45) is 17.6 Å². The number of allylic oxidation sites excluding steroid dienone is 2. The lowest BCUT2D eigenvalue weighted by atomic mass is 9.92. The van der Waals surface area contributed by atoms with Gasteiger partial charge in [-0.2, -0.15) is 0 Å². The van der Waals surface area contributed by atoms with E-state index < -0.39 is 0 Å². The van der Waals surface area contributed by atoms with Gasteiger partial charge in [0, 0.05) is 56.5 Å². The number of carbonyl (C=O) groups is 2. The van der Waals surface area contributed by atoms with E-state index in [1.807, 2.05) is 49.2 Å². The van der Waals surface area contributed by atoms with Crippen molar-refractivity contribution in [2.75, 3.05) is 51.2 Å². The van der Waals surface area contributed by atoms with Crippen LogP contribution in [0.15, 0.2) is 52.8 Å². The predicted octanol–water partition coefficient (Wildman–Crippen LogP) is 2.18. The quantitative estimate of drug-likeness (QED) is 0.548. The molecule has 4 rings (SSSR count). The molecule has 2 atom stereocenters. The van der Waals surface area contributed by atoms with Crippen molar-refractivity contribution in [3.8, 4) is 11.3 Å². The largest absolute Gasteiger partial charge is 0.356 e. The Labute approximate surface area is 210 Å². The van der Waals surface area contributed by atoms with E-state index in [2.05, 4.69) is 10.5 Å². The molecule has 36 heavy (non-hydrogen) atoms. The molecular weight excluding hydrogens is 463 g/mol. The maximum Gasteiger partial charge on any atom is 0.256 e. The molecule has 2 aromatic rings. The summed E-state index contributed by atoms with van der Waals surface area (Å²) in [6.45, 7) is 5.61. The number of benzene rings is 1. The van der Waals surface area contributed by atoms with Crippen molar-refractivity contribution < 1.29 is 18.5 Å². The first-order chi connectivity index (χ1) is 17.2. The molecule has 1 saturated heterocycles. The number of nitrogens with two attached hydrogens (primary N) is 1. The maximum absolute atomic E-state index is 13.7. The molecule has 2 aliphatic rings. The van der Waals surface area contributed by atoms with Crippen LogP contribution in [0.1, 0.15) is 11.3 Å². The first-order valence-electron chi connectivity index (χ1n) is 12.1. The molecule has 3 N–H and O–H groups in total. The fraction of sp³-hybridized carbons (Fsp3) is 0.423. The third-order valence-electron chi connectivity index (χ3n) is 6.64. The van der Waals surface area contributed by atoms with E-state index >= 15 is 0 Å². The second-order valence-electron chi connectivity index (χ2n) is 9.36. The molecule has 0 bridgehead atoms. The van der Waals surface area contributed by atoms with E-state index in [1.54, 1.807) is 23.0 Å². The normalized spacial score (nSPS) is 19.1. The smallest absolute Gasteiger partial charge is 0.256 e. The van der Waals surface area contributed by atoms with Gasteiger partial charge in [-0.1, -0.05) is 23.4 Å². The summed E-state index contributed by atoms with van der Waals surface area (Å²) >= 11 is 0. The van der Waals surface area contributed by atoms with Gasteiger partial charge in [-0.3, -0.25) is 14.6 Å². The van der Waals surface area contributed by atoms with Crippen molar-refractivity contribution in [3.05, 3.63) is 59.6 Å². The molecule has 0 saturated carbocycles. The first-order valence-corrected chi connectivity index (χ1v) is 12.1. The lowest BCUT2D eigenvalue weighted by molar-refractivity contribution is -0.142. The number of carbonyl (C=O) groups excluding carboxylic acids is 2. The second kappa shape index (κ2) is 11.0. The summed E-state index contributed by atoms with van der Waals surface area (Å²) in [6.07, 6.45) is 4.98. The Balaban J connectivity index is 1.54. The molecule has 1 aliphatic heterocycles. The van der Waals surface area contributed by atoms with Gasteiger partial charge in [0.05, 0.1) is 18.8 Å². The Bertz CT molecular complexity index is 1180. The number of amides is 2. The number of aryl methyl sites for hydroxylation is 2. The predicted molar refractivity (Wildman–Crippen MR) is 135 cm³/mol. The van der Waals surface area contributed by atoms with Crippen molar-refractivity contribution in [3.63, 3.8) is 0 Å². The molecule has 192 valence electrons. The number of nitrogens with zero attached hydrogens (tertiary/aromatic N) is 4. The van der Waals surface area contributed by atoms with Crippen LogP contribution >= 0.6 is 0 Å². The molecule has 2 heterocycles. The van der Waals surface area contributed by atoms with Gasteiger partial charge in [0.25, 0.3) is 5.91 Å². The minimum Gasteiger partial charge on any atom is -0.356 e. The van der Waals surface area contributed by atoms with Gasteiger partial charge in [0.1, 0.15) is 5.83 Å². The number of halogens is 1. The Morgan fingerprint density at radius 1 is 1.22 bits per heavy atom. The summed E-state index contributed by atoms with van der Waals surface area (Å²) in [6, 6.07) is 7.59. The first kappa shape index (κ1) is 25.6. The van der Waals surface area contributed by atoms with Crippen LogP contribution in [0.3, 0.4) is 0 Å². The molecule has 1 aliphatic carbocycles. The van der Waals surface area contributed by atoms with Crippen LogP contribution in [0.4, 0.5) is 10.1 Å². The van der Waals surface area contributed by atoms with E-state index in [9.17, 15) is 14.0 Å². The molecule has 2 unspecified atom stereocenters. The number of nitrogens with one attached hydrogen (secondary N) is 1. The van der Waals surface area contributed by atoms with Crippen LogP contribution in [0.25, 0.3) is 11.3 Å². The Kier molecular flexibility index (Phi) is 7.85. The minimum absolute atomic E-state index is 0.0127. The van der Waals surface area contributed by atoms with E-state index in [1.165, 1.54) is 6.08 Å². The van der Waals surface area contributed by atoms with E-state index in [4.69, 9.17) is 10.3 Å². The molecule has 1 aromatic carbocycles. The highest BCUT2D eigenvalue weighted by Crippen LogP contribution is 2.32. The molecule has 0 spiro atoms. The van der Waals surface area contributed by atoms with Crippen LogP contribution in [0.5, 0.6) is 0 Å². The monoisotopic (exact) mass is 496 g/mol. The Morgan fingerprint density at radius 2 is 2.00 bits per heavy atom. The number of likely N-dealkylation sites (N-methyl/N-ethyl adjacent to an activating group) is 1. The number of aromatic nitrogens is 1. The standard InChI is InChI=1S/C26H33FN6O3/c1-17-4-5-19(24-10-18(2)30-36-24)12-23(17)32(15-25(34)29-9-8-28)16-26(35)31(3)33-13-20-6-7-22(27)11-21(20)14-33/h4-7,10-12,20-21H,8-9,13-16,28H2,1-3H3,(H,29,34). The van der Waals surface area contributed by atoms with E-state index in [0.717, 1.165) is 22.5 Å².